The Morgan fingerprint density at radius 1 is 1.37 bits per heavy atom. The second-order valence-corrected chi connectivity index (χ2v) is 9.32. The first-order valence-electron chi connectivity index (χ1n) is 10.7. The van der Waals surface area contributed by atoms with Gasteiger partial charge in [-0.1, -0.05) is 6.07 Å². The van der Waals surface area contributed by atoms with Crippen LogP contribution in [0.15, 0.2) is 17.5 Å². The summed E-state index contributed by atoms with van der Waals surface area (Å²) in [6.07, 6.45) is 3.81. The summed E-state index contributed by atoms with van der Waals surface area (Å²) in [5.74, 6) is 0.107. The van der Waals surface area contributed by atoms with Crippen LogP contribution in [0.3, 0.4) is 0 Å². The Kier molecular flexibility index (Phi) is 6.70. The van der Waals surface area contributed by atoms with Gasteiger partial charge in [-0.05, 0) is 37.1 Å². The molecule has 4 heterocycles. The van der Waals surface area contributed by atoms with E-state index in [0.29, 0.717) is 43.8 Å². The lowest BCUT2D eigenvalue weighted by Gasteiger charge is -2.37. The Bertz CT molecular complexity index is 771. The summed E-state index contributed by atoms with van der Waals surface area (Å²) in [4.78, 5) is 42.4. The molecule has 0 spiro atoms. The molecule has 2 N–H and O–H groups in total. The van der Waals surface area contributed by atoms with E-state index in [2.05, 4.69) is 15.5 Å². The summed E-state index contributed by atoms with van der Waals surface area (Å²) in [6.45, 7) is 2.59. The molecule has 3 aliphatic rings. The van der Waals surface area contributed by atoms with Crippen molar-refractivity contribution in [2.24, 2.45) is 0 Å². The minimum absolute atomic E-state index is 0.0187. The van der Waals surface area contributed by atoms with Crippen molar-refractivity contribution in [1.82, 2.24) is 20.4 Å². The SMILES string of the molecule is COCC1CCCN1C(=O)CCC1CNC(=O)C2CC(NC(=O)c3cccs3)CN12. The number of hydrogen-bond acceptors (Lipinski definition) is 6. The van der Waals surface area contributed by atoms with Crippen LogP contribution in [0.4, 0.5) is 0 Å². The maximum Gasteiger partial charge on any atom is 0.261 e. The quantitative estimate of drug-likeness (QED) is 0.664. The highest BCUT2D eigenvalue weighted by molar-refractivity contribution is 7.12. The first kappa shape index (κ1) is 21.3. The van der Waals surface area contributed by atoms with Crippen molar-refractivity contribution in [3.63, 3.8) is 0 Å². The zero-order valence-corrected chi connectivity index (χ0v) is 18.2. The van der Waals surface area contributed by atoms with Gasteiger partial charge in [-0.2, -0.15) is 0 Å². The first-order valence-corrected chi connectivity index (χ1v) is 11.6. The molecule has 0 bridgehead atoms. The minimum Gasteiger partial charge on any atom is -0.383 e. The molecule has 0 aromatic carbocycles. The van der Waals surface area contributed by atoms with Crippen molar-refractivity contribution in [2.45, 2.75) is 56.3 Å². The molecule has 3 aliphatic heterocycles. The smallest absolute Gasteiger partial charge is 0.261 e. The number of likely N-dealkylation sites (tertiary alicyclic amines) is 1. The fourth-order valence-electron chi connectivity index (χ4n) is 4.98. The van der Waals surface area contributed by atoms with E-state index in [4.69, 9.17) is 4.74 Å². The zero-order valence-electron chi connectivity index (χ0n) is 17.3. The lowest BCUT2D eigenvalue weighted by atomic mass is 10.0. The lowest BCUT2D eigenvalue weighted by Crippen LogP contribution is -2.58. The number of ether oxygens (including phenoxy) is 1. The number of methoxy groups -OCH3 is 1. The molecular weight excluding hydrogens is 404 g/mol. The molecule has 1 aromatic heterocycles. The molecule has 0 aliphatic carbocycles. The van der Waals surface area contributed by atoms with Crippen LogP contribution in [0.25, 0.3) is 0 Å². The first-order chi connectivity index (χ1) is 14.6. The molecule has 8 nitrogen and oxygen atoms in total. The number of nitrogens with one attached hydrogen (secondary N) is 2. The highest BCUT2D eigenvalue weighted by Gasteiger charge is 2.44. The second kappa shape index (κ2) is 9.45. The normalized spacial score (nSPS) is 29.0. The number of hydrogen-bond donors (Lipinski definition) is 2. The predicted molar refractivity (Wildman–Crippen MR) is 113 cm³/mol. The average Bonchev–Trinajstić information content (AvgIpc) is 3.48. The van der Waals surface area contributed by atoms with Crippen molar-refractivity contribution in [1.29, 1.82) is 0 Å². The number of fused-ring (bicyclic) bond motifs is 1. The van der Waals surface area contributed by atoms with Crippen molar-refractivity contribution in [3.8, 4) is 0 Å². The molecule has 0 saturated carbocycles. The summed E-state index contributed by atoms with van der Waals surface area (Å²) in [5.41, 5.74) is 0. The van der Waals surface area contributed by atoms with Crippen LogP contribution in [0.5, 0.6) is 0 Å². The maximum absolute atomic E-state index is 12.8. The van der Waals surface area contributed by atoms with Gasteiger partial charge in [-0.3, -0.25) is 19.3 Å². The average molecular weight is 435 g/mol. The van der Waals surface area contributed by atoms with E-state index in [1.807, 2.05) is 16.3 Å². The number of carbonyl (C=O) groups excluding carboxylic acids is 3. The van der Waals surface area contributed by atoms with E-state index in [0.717, 1.165) is 19.4 Å². The lowest BCUT2D eigenvalue weighted by molar-refractivity contribution is -0.133. The predicted octanol–water partition coefficient (Wildman–Crippen LogP) is 0.837. The topological polar surface area (TPSA) is 91.0 Å². The summed E-state index contributed by atoms with van der Waals surface area (Å²) in [5, 5.41) is 7.94. The summed E-state index contributed by atoms with van der Waals surface area (Å²) < 4.78 is 5.26. The third-order valence-corrected chi connectivity index (χ3v) is 7.32. The molecule has 3 fully saturated rings. The summed E-state index contributed by atoms with van der Waals surface area (Å²) >= 11 is 1.41. The number of amides is 3. The van der Waals surface area contributed by atoms with E-state index in [1.54, 1.807) is 13.2 Å². The van der Waals surface area contributed by atoms with Gasteiger partial charge >= 0.3 is 0 Å². The van der Waals surface area contributed by atoms with E-state index in [-0.39, 0.29) is 41.9 Å². The molecule has 0 radical (unpaired) electrons. The Morgan fingerprint density at radius 3 is 3.00 bits per heavy atom. The Hall–Kier alpha value is -1.97. The maximum atomic E-state index is 12.8. The van der Waals surface area contributed by atoms with Crippen LogP contribution in [0.1, 0.15) is 41.8 Å². The van der Waals surface area contributed by atoms with E-state index >= 15 is 0 Å². The van der Waals surface area contributed by atoms with Crippen molar-refractivity contribution >= 4 is 29.1 Å². The second-order valence-electron chi connectivity index (χ2n) is 8.37. The highest BCUT2D eigenvalue weighted by Crippen LogP contribution is 2.27. The third-order valence-electron chi connectivity index (χ3n) is 6.45. The molecule has 3 amide bonds. The fraction of sp³-hybridized carbons (Fsp3) is 0.667. The minimum atomic E-state index is -0.236. The molecular formula is C21H30N4O4S. The fourth-order valence-corrected chi connectivity index (χ4v) is 5.60. The van der Waals surface area contributed by atoms with Gasteiger partial charge < -0.3 is 20.3 Å². The van der Waals surface area contributed by atoms with Crippen LogP contribution in [-0.2, 0) is 14.3 Å². The van der Waals surface area contributed by atoms with Crippen molar-refractivity contribution < 1.29 is 19.1 Å². The van der Waals surface area contributed by atoms with Gasteiger partial charge in [-0.15, -0.1) is 11.3 Å². The number of thiophene rings is 1. The summed E-state index contributed by atoms with van der Waals surface area (Å²) in [7, 11) is 1.67. The number of carbonyl (C=O) groups is 3. The Labute approximate surface area is 180 Å². The standard InChI is InChI=1S/C21H30N4O4S/c1-29-13-16-4-2-8-24(16)19(26)7-6-15-11-22-20(27)17-10-14(12-25(15)17)23-21(28)18-5-3-9-30-18/h3,5,9,14-17H,2,4,6-8,10-13H2,1H3,(H,22,27)(H,23,28). The number of piperazine rings is 1. The van der Waals surface area contributed by atoms with Gasteiger partial charge in [0.2, 0.25) is 11.8 Å². The molecule has 4 unspecified atom stereocenters. The van der Waals surface area contributed by atoms with Gasteiger partial charge in [0.25, 0.3) is 5.91 Å². The van der Waals surface area contributed by atoms with Crippen LogP contribution < -0.4 is 10.6 Å². The van der Waals surface area contributed by atoms with Crippen LogP contribution in [0.2, 0.25) is 0 Å². The zero-order chi connectivity index (χ0) is 21.1. The van der Waals surface area contributed by atoms with E-state index in [9.17, 15) is 14.4 Å². The molecule has 3 saturated heterocycles. The van der Waals surface area contributed by atoms with Crippen LogP contribution >= 0.6 is 11.3 Å². The molecule has 30 heavy (non-hydrogen) atoms. The molecule has 4 atom stereocenters. The highest BCUT2D eigenvalue weighted by atomic mass is 32.1. The summed E-state index contributed by atoms with van der Waals surface area (Å²) in [6, 6.07) is 3.67. The van der Waals surface area contributed by atoms with E-state index in [1.165, 1.54) is 11.3 Å². The Morgan fingerprint density at radius 2 is 2.23 bits per heavy atom. The monoisotopic (exact) mass is 434 g/mol. The van der Waals surface area contributed by atoms with Gasteiger partial charge in [-0.25, -0.2) is 0 Å². The molecule has 9 heteroatoms. The van der Waals surface area contributed by atoms with Crippen LogP contribution in [-0.4, -0.2) is 85.0 Å². The molecule has 1 aromatic rings. The van der Waals surface area contributed by atoms with Gasteiger partial charge in [0.15, 0.2) is 0 Å². The van der Waals surface area contributed by atoms with Crippen molar-refractivity contribution in [2.75, 3.05) is 33.4 Å². The van der Waals surface area contributed by atoms with Crippen LogP contribution in [0, 0.1) is 0 Å². The van der Waals surface area contributed by atoms with Crippen molar-refractivity contribution in [3.05, 3.63) is 22.4 Å². The van der Waals surface area contributed by atoms with Gasteiger partial charge in [0.05, 0.1) is 23.6 Å². The van der Waals surface area contributed by atoms with E-state index < -0.39 is 0 Å². The Balaban J connectivity index is 1.33. The molecule has 164 valence electrons. The third kappa shape index (κ3) is 4.53. The van der Waals surface area contributed by atoms with Gasteiger partial charge in [0.1, 0.15) is 0 Å². The largest absolute Gasteiger partial charge is 0.383 e. The number of rotatable bonds is 7. The molecule has 4 rings (SSSR count). The number of nitrogens with zero attached hydrogens (tertiary/aromatic N) is 2. The van der Waals surface area contributed by atoms with Gasteiger partial charge in [0, 0.05) is 45.2 Å².